The van der Waals surface area contributed by atoms with Crippen molar-refractivity contribution in [2.45, 2.75) is 33.6 Å². The molecule has 1 nitrogen and oxygen atoms in total. The fraction of sp³-hybridized carbons (Fsp3) is 0.571. The highest BCUT2D eigenvalue weighted by Gasteiger charge is 2.27. The Labute approximate surface area is 97.3 Å². The third-order valence-corrected chi connectivity index (χ3v) is 3.34. The van der Waals surface area contributed by atoms with E-state index < -0.39 is 0 Å². The molecule has 0 N–H and O–H groups in total. The van der Waals surface area contributed by atoms with Crippen LogP contribution < -0.4 is 4.90 Å². The van der Waals surface area contributed by atoms with Gasteiger partial charge in [0.1, 0.15) is 5.82 Å². The standard InChI is InChI=1S/C14H20FN/c1-11-5-6-12(15)13(9-11)16-8-4-7-14(2,3)10-16/h5-6,9H,4,7-8,10H2,1-3H3. The Hall–Kier alpha value is -1.05. The van der Waals surface area contributed by atoms with Crippen LogP contribution in [0.25, 0.3) is 0 Å². The van der Waals surface area contributed by atoms with Crippen LogP contribution in [-0.2, 0) is 0 Å². The van der Waals surface area contributed by atoms with E-state index >= 15 is 0 Å². The van der Waals surface area contributed by atoms with Gasteiger partial charge in [-0.25, -0.2) is 4.39 Å². The quantitative estimate of drug-likeness (QED) is 0.698. The van der Waals surface area contributed by atoms with E-state index in [0.29, 0.717) is 5.41 Å². The predicted octanol–water partition coefficient (Wildman–Crippen LogP) is 3.76. The van der Waals surface area contributed by atoms with Crippen molar-refractivity contribution in [2.75, 3.05) is 18.0 Å². The van der Waals surface area contributed by atoms with Crippen LogP contribution in [0.1, 0.15) is 32.3 Å². The van der Waals surface area contributed by atoms with Gasteiger partial charge in [0.2, 0.25) is 0 Å². The van der Waals surface area contributed by atoms with Crippen LogP contribution >= 0.6 is 0 Å². The number of halogens is 1. The Morgan fingerprint density at radius 1 is 1.31 bits per heavy atom. The molecule has 0 spiro atoms. The smallest absolute Gasteiger partial charge is 0.146 e. The van der Waals surface area contributed by atoms with E-state index in [1.807, 2.05) is 19.1 Å². The van der Waals surface area contributed by atoms with Gasteiger partial charge in [-0.05, 0) is 42.9 Å². The van der Waals surface area contributed by atoms with Crippen LogP contribution in [0.5, 0.6) is 0 Å². The molecule has 1 aliphatic rings. The van der Waals surface area contributed by atoms with Gasteiger partial charge in [0.15, 0.2) is 0 Å². The van der Waals surface area contributed by atoms with Gasteiger partial charge in [-0.2, -0.15) is 0 Å². The predicted molar refractivity (Wildman–Crippen MR) is 66.4 cm³/mol. The molecule has 0 aromatic heterocycles. The third-order valence-electron chi connectivity index (χ3n) is 3.34. The summed E-state index contributed by atoms with van der Waals surface area (Å²) in [5.41, 5.74) is 2.20. The SMILES string of the molecule is Cc1ccc(F)c(N2CCCC(C)(C)C2)c1. The zero-order valence-electron chi connectivity index (χ0n) is 10.4. The van der Waals surface area contributed by atoms with Gasteiger partial charge in [0.25, 0.3) is 0 Å². The lowest BCUT2D eigenvalue weighted by molar-refractivity contribution is 0.292. The first kappa shape index (κ1) is 11.4. The minimum absolute atomic E-state index is 0.0942. The van der Waals surface area contributed by atoms with Gasteiger partial charge >= 0.3 is 0 Å². The molecule has 1 saturated heterocycles. The van der Waals surface area contributed by atoms with Gasteiger partial charge in [-0.15, -0.1) is 0 Å². The average molecular weight is 221 g/mol. The zero-order valence-corrected chi connectivity index (χ0v) is 10.4. The molecule has 1 aromatic carbocycles. The molecule has 0 aliphatic carbocycles. The van der Waals surface area contributed by atoms with E-state index in [1.165, 1.54) is 6.42 Å². The number of hydrogen-bond acceptors (Lipinski definition) is 1. The Bertz CT molecular complexity index is 384. The molecule has 1 aromatic rings. The summed E-state index contributed by atoms with van der Waals surface area (Å²) in [6.45, 7) is 8.45. The van der Waals surface area contributed by atoms with Crippen LogP contribution in [-0.4, -0.2) is 13.1 Å². The normalized spacial score (nSPS) is 19.9. The number of hydrogen-bond donors (Lipinski definition) is 0. The van der Waals surface area contributed by atoms with Crippen molar-refractivity contribution in [3.63, 3.8) is 0 Å². The van der Waals surface area contributed by atoms with E-state index in [1.54, 1.807) is 6.07 Å². The van der Waals surface area contributed by atoms with Gasteiger partial charge in [0, 0.05) is 13.1 Å². The number of aryl methyl sites for hydroxylation is 1. The van der Waals surface area contributed by atoms with Gasteiger partial charge in [-0.1, -0.05) is 19.9 Å². The van der Waals surface area contributed by atoms with E-state index in [-0.39, 0.29) is 5.82 Å². The molecular formula is C14H20FN. The molecular weight excluding hydrogens is 201 g/mol. The van der Waals surface area contributed by atoms with Crippen molar-refractivity contribution in [2.24, 2.45) is 5.41 Å². The largest absolute Gasteiger partial charge is 0.369 e. The second-order valence-corrected chi connectivity index (χ2v) is 5.64. The molecule has 0 saturated carbocycles. The average Bonchev–Trinajstić information content (AvgIpc) is 2.20. The highest BCUT2D eigenvalue weighted by molar-refractivity contribution is 5.50. The summed E-state index contributed by atoms with van der Waals surface area (Å²) in [5, 5.41) is 0. The molecule has 2 heteroatoms. The van der Waals surface area contributed by atoms with Gasteiger partial charge < -0.3 is 4.90 Å². The van der Waals surface area contributed by atoms with Crippen LogP contribution in [0.3, 0.4) is 0 Å². The first-order valence-electron chi connectivity index (χ1n) is 5.99. The Kier molecular flexibility index (Phi) is 2.92. The first-order chi connectivity index (χ1) is 7.48. The first-order valence-corrected chi connectivity index (χ1v) is 5.99. The maximum atomic E-state index is 13.8. The second-order valence-electron chi connectivity index (χ2n) is 5.64. The van der Waals surface area contributed by atoms with Gasteiger partial charge in [-0.3, -0.25) is 0 Å². The monoisotopic (exact) mass is 221 g/mol. The summed E-state index contributed by atoms with van der Waals surface area (Å²) in [6, 6.07) is 5.36. The number of piperidine rings is 1. The van der Waals surface area contributed by atoms with Crippen molar-refractivity contribution < 1.29 is 4.39 Å². The van der Waals surface area contributed by atoms with E-state index in [0.717, 1.165) is 30.8 Å². The number of anilines is 1. The van der Waals surface area contributed by atoms with Crippen molar-refractivity contribution in [1.82, 2.24) is 0 Å². The Balaban J connectivity index is 2.26. The fourth-order valence-corrected chi connectivity index (χ4v) is 2.49. The lowest BCUT2D eigenvalue weighted by Gasteiger charge is -2.39. The van der Waals surface area contributed by atoms with Crippen molar-refractivity contribution in [3.8, 4) is 0 Å². The maximum Gasteiger partial charge on any atom is 0.146 e. The lowest BCUT2D eigenvalue weighted by Crippen LogP contribution is -2.40. The molecule has 0 radical (unpaired) electrons. The summed E-state index contributed by atoms with van der Waals surface area (Å²) in [6.07, 6.45) is 2.39. The summed E-state index contributed by atoms with van der Waals surface area (Å²) in [7, 11) is 0. The topological polar surface area (TPSA) is 3.24 Å². The molecule has 1 aliphatic heterocycles. The molecule has 16 heavy (non-hydrogen) atoms. The summed E-state index contributed by atoms with van der Waals surface area (Å²) >= 11 is 0. The van der Waals surface area contributed by atoms with Crippen LogP contribution in [0, 0.1) is 18.2 Å². The van der Waals surface area contributed by atoms with Gasteiger partial charge in [0.05, 0.1) is 5.69 Å². The Morgan fingerprint density at radius 3 is 2.75 bits per heavy atom. The maximum absolute atomic E-state index is 13.8. The third kappa shape index (κ3) is 2.37. The molecule has 1 heterocycles. The van der Waals surface area contributed by atoms with Crippen molar-refractivity contribution >= 4 is 5.69 Å². The van der Waals surface area contributed by atoms with Crippen molar-refractivity contribution in [3.05, 3.63) is 29.6 Å². The zero-order chi connectivity index (χ0) is 11.8. The van der Waals surface area contributed by atoms with Crippen LogP contribution in [0.4, 0.5) is 10.1 Å². The molecule has 0 bridgehead atoms. The van der Waals surface area contributed by atoms with E-state index in [9.17, 15) is 4.39 Å². The van der Waals surface area contributed by atoms with E-state index in [2.05, 4.69) is 18.7 Å². The second kappa shape index (κ2) is 4.08. The molecule has 2 rings (SSSR count). The van der Waals surface area contributed by atoms with Crippen LogP contribution in [0.2, 0.25) is 0 Å². The minimum Gasteiger partial charge on any atom is -0.369 e. The number of rotatable bonds is 1. The number of nitrogens with zero attached hydrogens (tertiary/aromatic N) is 1. The summed E-state index contributed by atoms with van der Waals surface area (Å²) in [4.78, 5) is 2.19. The highest BCUT2D eigenvalue weighted by atomic mass is 19.1. The molecule has 1 fully saturated rings. The van der Waals surface area contributed by atoms with Crippen molar-refractivity contribution in [1.29, 1.82) is 0 Å². The van der Waals surface area contributed by atoms with Crippen LogP contribution in [0.15, 0.2) is 18.2 Å². The summed E-state index contributed by atoms with van der Waals surface area (Å²) in [5.74, 6) is -0.0942. The highest BCUT2D eigenvalue weighted by Crippen LogP contribution is 2.32. The molecule has 0 atom stereocenters. The Morgan fingerprint density at radius 2 is 2.06 bits per heavy atom. The molecule has 0 amide bonds. The fourth-order valence-electron chi connectivity index (χ4n) is 2.49. The summed E-state index contributed by atoms with van der Waals surface area (Å²) < 4.78 is 13.8. The molecule has 0 unspecified atom stereocenters. The lowest BCUT2D eigenvalue weighted by atomic mass is 9.84. The number of benzene rings is 1. The molecule has 88 valence electrons. The van der Waals surface area contributed by atoms with E-state index in [4.69, 9.17) is 0 Å². The minimum atomic E-state index is -0.0942.